The largest absolute Gasteiger partial charge is 0.264 e. The standard InChI is InChI=1S/C7H11N5S/c1-2-6(4-8-3-1)5-13-7-9-11-12-10-7/h1-4,7,9-12H,5H2. The Bertz CT molecular complexity index is 248. The van der Waals surface area contributed by atoms with Crippen LogP contribution in [-0.2, 0) is 5.75 Å². The average molecular weight is 197 g/mol. The molecule has 1 aromatic rings. The van der Waals surface area contributed by atoms with Crippen LogP contribution in [0, 0.1) is 0 Å². The van der Waals surface area contributed by atoms with Crippen molar-refractivity contribution in [3.05, 3.63) is 30.1 Å². The smallest absolute Gasteiger partial charge is 0.133 e. The molecule has 1 aliphatic rings. The molecule has 6 heteroatoms. The van der Waals surface area contributed by atoms with E-state index in [1.165, 1.54) is 5.56 Å². The van der Waals surface area contributed by atoms with E-state index in [1.54, 1.807) is 18.0 Å². The van der Waals surface area contributed by atoms with Gasteiger partial charge in [-0.05, 0) is 11.6 Å². The van der Waals surface area contributed by atoms with E-state index in [9.17, 15) is 0 Å². The van der Waals surface area contributed by atoms with Crippen molar-refractivity contribution in [3.63, 3.8) is 0 Å². The minimum Gasteiger partial charge on any atom is -0.264 e. The normalized spacial score (nSPS) is 17.8. The third-order valence-electron chi connectivity index (χ3n) is 1.61. The van der Waals surface area contributed by atoms with Crippen LogP contribution in [0.2, 0.25) is 0 Å². The molecule has 0 atom stereocenters. The third-order valence-corrected chi connectivity index (χ3v) is 2.68. The Morgan fingerprint density at radius 1 is 1.38 bits per heavy atom. The molecule has 0 bridgehead atoms. The van der Waals surface area contributed by atoms with E-state index >= 15 is 0 Å². The Morgan fingerprint density at radius 3 is 2.92 bits per heavy atom. The number of nitrogens with zero attached hydrogens (tertiary/aromatic N) is 1. The van der Waals surface area contributed by atoms with Crippen molar-refractivity contribution in [1.29, 1.82) is 0 Å². The van der Waals surface area contributed by atoms with Crippen molar-refractivity contribution < 1.29 is 0 Å². The van der Waals surface area contributed by atoms with Crippen LogP contribution in [0.4, 0.5) is 0 Å². The van der Waals surface area contributed by atoms with Crippen LogP contribution in [-0.4, -0.2) is 10.5 Å². The van der Waals surface area contributed by atoms with Crippen molar-refractivity contribution in [2.75, 3.05) is 0 Å². The molecule has 1 aliphatic heterocycles. The lowest BCUT2D eigenvalue weighted by Gasteiger charge is -2.07. The van der Waals surface area contributed by atoms with Gasteiger partial charge in [-0.25, -0.2) is 10.9 Å². The zero-order chi connectivity index (χ0) is 8.93. The van der Waals surface area contributed by atoms with Gasteiger partial charge in [-0.2, -0.15) is 11.1 Å². The second-order valence-electron chi connectivity index (χ2n) is 2.59. The number of hydrogen-bond donors (Lipinski definition) is 4. The van der Waals surface area contributed by atoms with E-state index in [4.69, 9.17) is 0 Å². The highest BCUT2D eigenvalue weighted by atomic mass is 32.2. The second-order valence-corrected chi connectivity index (χ2v) is 3.68. The molecule has 0 aromatic carbocycles. The van der Waals surface area contributed by atoms with Gasteiger partial charge in [0.15, 0.2) is 0 Å². The summed E-state index contributed by atoms with van der Waals surface area (Å²) >= 11 is 1.75. The molecule has 0 aliphatic carbocycles. The van der Waals surface area contributed by atoms with Gasteiger partial charge in [0.05, 0.1) is 0 Å². The molecular formula is C7H11N5S. The minimum atomic E-state index is 0.195. The molecule has 0 saturated carbocycles. The highest BCUT2D eigenvalue weighted by molar-refractivity contribution is 7.99. The van der Waals surface area contributed by atoms with Crippen molar-refractivity contribution in [1.82, 2.24) is 26.9 Å². The molecule has 1 fully saturated rings. The van der Waals surface area contributed by atoms with E-state index in [2.05, 4.69) is 33.0 Å². The van der Waals surface area contributed by atoms with Crippen molar-refractivity contribution >= 4 is 11.8 Å². The summed E-state index contributed by atoms with van der Waals surface area (Å²) in [5.74, 6) is 0.932. The molecule has 2 heterocycles. The zero-order valence-electron chi connectivity index (χ0n) is 6.95. The fourth-order valence-corrected chi connectivity index (χ4v) is 1.80. The molecule has 1 saturated heterocycles. The molecule has 0 unspecified atom stereocenters. The second kappa shape index (κ2) is 4.54. The number of hydrogen-bond acceptors (Lipinski definition) is 6. The van der Waals surface area contributed by atoms with Gasteiger partial charge in [0, 0.05) is 18.1 Å². The van der Waals surface area contributed by atoms with Crippen LogP contribution in [0.15, 0.2) is 24.5 Å². The maximum Gasteiger partial charge on any atom is 0.133 e. The molecular weight excluding hydrogens is 186 g/mol. The van der Waals surface area contributed by atoms with Gasteiger partial charge >= 0.3 is 0 Å². The average Bonchev–Trinajstić information content (AvgIpc) is 2.69. The first-order chi connectivity index (χ1) is 6.45. The molecule has 4 N–H and O–H groups in total. The van der Waals surface area contributed by atoms with Gasteiger partial charge < -0.3 is 0 Å². The maximum absolute atomic E-state index is 4.04. The van der Waals surface area contributed by atoms with Crippen LogP contribution < -0.4 is 21.9 Å². The summed E-state index contributed by atoms with van der Waals surface area (Å²) in [5.41, 5.74) is 12.9. The molecule has 0 radical (unpaired) electrons. The van der Waals surface area contributed by atoms with Crippen LogP contribution in [0.5, 0.6) is 0 Å². The van der Waals surface area contributed by atoms with Gasteiger partial charge in [-0.15, -0.1) is 11.8 Å². The maximum atomic E-state index is 4.04. The van der Waals surface area contributed by atoms with E-state index in [1.807, 2.05) is 12.3 Å². The molecule has 70 valence electrons. The number of thioether (sulfide) groups is 1. The molecule has 13 heavy (non-hydrogen) atoms. The fraction of sp³-hybridized carbons (Fsp3) is 0.286. The van der Waals surface area contributed by atoms with Crippen molar-refractivity contribution in [2.45, 2.75) is 11.3 Å². The summed E-state index contributed by atoms with van der Waals surface area (Å²) < 4.78 is 0. The van der Waals surface area contributed by atoms with Crippen molar-refractivity contribution in [3.8, 4) is 0 Å². The van der Waals surface area contributed by atoms with Gasteiger partial charge in [-0.3, -0.25) is 4.98 Å². The lowest BCUT2D eigenvalue weighted by molar-refractivity contribution is 0.556. The first-order valence-electron chi connectivity index (χ1n) is 3.97. The van der Waals surface area contributed by atoms with Crippen LogP contribution in [0.1, 0.15) is 5.56 Å². The Balaban J connectivity index is 1.79. The van der Waals surface area contributed by atoms with Crippen LogP contribution in [0.25, 0.3) is 0 Å². The lowest BCUT2D eigenvalue weighted by atomic mass is 10.3. The number of aromatic nitrogens is 1. The lowest BCUT2D eigenvalue weighted by Crippen LogP contribution is -2.33. The summed E-state index contributed by atoms with van der Waals surface area (Å²) in [5, 5.41) is 0. The highest BCUT2D eigenvalue weighted by Crippen LogP contribution is 2.13. The Hall–Kier alpha value is -0.660. The molecule has 0 amide bonds. The quantitative estimate of drug-likeness (QED) is 0.534. The Morgan fingerprint density at radius 2 is 2.23 bits per heavy atom. The van der Waals surface area contributed by atoms with Crippen molar-refractivity contribution in [2.24, 2.45) is 0 Å². The minimum absolute atomic E-state index is 0.195. The van der Waals surface area contributed by atoms with E-state index in [0.717, 1.165) is 5.75 Å². The van der Waals surface area contributed by atoms with E-state index in [-0.39, 0.29) is 5.50 Å². The van der Waals surface area contributed by atoms with E-state index in [0.29, 0.717) is 0 Å². The predicted octanol–water partition coefficient (Wildman–Crippen LogP) is -0.285. The first kappa shape index (κ1) is 8.92. The summed E-state index contributed by atoms with van der Waals surface area (Å²) in [6.45, 7) is 0. The zero-order valence-corrected chi connectivity index (χ0v) is 7.77. The Kier molecular flexibility index (Phi) is 3.11. The highest BCUT2D eigenvalue weighted by Gasteiger charge is 2.11. The van der Waals surface area contributed by atoms with Crippen LogP contribution >= 0.6 is 11.8 Å². The van der Waals surface area contributed by atoms with Crippen LogP contribution in [0.3, 0.4) is 0 Å². The summed E-state index contributed by atoms with van der Waals surface area (Å²) in [6, 6.07) is 4.01. The number of pyridine rings is 1. The number of hydrazine groups is 3. The predicted molar refractivity (Wildman–Crippen MR) is 51.9 cm³/mol. The topological polar surface area (TPSA) is 61.0 Å². The summed E-state index contributed by atoms with van der Waals surface area (Å²) in [6.07, 6.45) is 3.66. The van der Waals surface area contributed by atoms with Gasteiger partial charge in [0.25, 0.3) is 0 Å². The van der Waals surface area contributed by atoms with Gasteiger partial charge in [-0.1, -0.05) is 6.07 Å². The third kappa shape index (κ3) is 2.64. The SMILES string of the molecule is c1cncc(CSC2NNNN2)c1. The summed E-state index contributed by atoms with van der Waals surface area (Å²) in [4.78, 5) is 4.04. The van der Waals surface area contributed by atoms with E-state index < -0.39 is 0 Å². The monoisotopic (exact) mass is 197 g/mol. The summed E-state index contributed by atoms with van der Waals surface area (Å²) in [7, 11) is 0. The molecule has 5 nitrogen and oxygen atoms in total. The number of nitrogens with one attached hydrogen (secondary N) is 4. The van der Waals surface area contributed by atoms with Gasteiger partial charge in [0.1, 0.15) is 5.50 Å². The molecule has 0 spiro atoms. The molecule has 2 rings (SSSR count). The Labute approximate surface area is 80.6 Å². The number of rotatable bonds is 3. The fourth-order valence-electron chi connectivity index (χ4n) is 0.986. The first-order valence-corrected chi connectivity index (χ1v) is 5.01. The van der Waals surface area contributed by atoms with Gasteiger partial charge in [0.2, 0.25) is 0 Å². The molecule has 1 aromatic heterocycles.